The van der Waals surface area contributed by atoms with Crippen LogP contribution >= 0.6 is 0 Å². The van der Waals surface area contributed by atoms with Gasteiger partial charge in [-0.2, -0.15) is 0 Å². The zero-order valence-electron chi connectivity index (χ0n) is 19.1. The summed E-state index contributed by atoms with van der Waals surface area (Å²) in [4.78, 5) is 0.410. The molecule has 0 aliphatic carbocycles. The van der Waals surface area contributed by atoms with E-state index >= 15 is 0 Å². The number of sulfonamides is 1. The number of aryl methyl sites for hydroxylation is 1. The van der Waals surface area contributed by atoms with Crippen molar-refractivity contribution in [2.24, 2.45) is 0 Å². The molecule has 166 valence electrons. The molecule has 4 nitrogen and oxygen atoms in total. The first-order valence-corrected chi connectivity index (χ1v) is 20.7. The Morgan fingerprint density at radius 1 is 0.966 bits per heavy atom. The van der Waals surface area contributed by atoms with E-state index in [1.165, 1.54) is 51.8 Å². The van der Waals surface area contributed by atoms with Gasteiger partial charge in [0.1, 0.15) is 0 Å². The van der Waals surface area contributed by atoms with Crippen LogP contribution in [0, 0.1) is 6.92 Å². The zero-order valence-corrected chi connectivity index (χ0v) is 22.8. The molecule has 0 radical (unpaired) electrons. The van der Waals surface area contributed by atoms with Gasteiger partial charge in [0.25, 0.3) is 0 Å². The van der Waals surface area contributed by atoms with E-state index in [0.29, 0.717) is 11.4 Å². The number of rotatable bonds is 12. The molecule has 1 aromatic carbocycles. The Morgan fingerprint density at radius 2 is 1.45 bits per heavy atom. The van der Waals surface area contributed by atoms with Gasteiger partial charge in [-0.1, -0.05) is 0 Å². The van der Waals surface area contributed by atoms with Crippen LogP contribution in [-0.2, 0) is 14.8 Å². The van der Waals surface area contributed by atoms with Gasteiger partial charge in [0.2, 0.25) is 0 Å². The van der Waals surface area contributed by atoms with Crippen molar-refractivity contribution in [2.75, 3.05) is 6.54 Å². The van der Waals surface area contributed by atoms with Crippen LogP contribution in [0.2, 0.25) is 13.3 Å². The van der Waals surface area contributed by atoms with Crippen LogP contribution in [0.4, 0.5) is 0 Å². The molecule has 6 heteroatoms. The van der Waals surface area contributed by atoms with E-state index in [1.807, 2.05) is 26.0 Å². The first-order chi connectivity index (χ1) is 13.8. The molecule has 0 amide bonds. The average molecular weight is 530 g/mol. The predicted octanol–water partition coefficient (Wildman–Crippen LogP) is 6.12. The van der Waals surface area contributed by atoms with Crippen LogP contribution in [0.25, 0.3) is 0 Å². The summed E-state index contributed by atoms with van der Waals surface area (Å²) in [5.74, 6) is 0. The summed E-state index contributed by atoms with van der Waals surface area (Å²) < 4.78 is 39.1. The van der Waals surface area contributed by atoms with E-state index in [0.717, 1.165) is 5.56 Å². The molecule has 0 spiro atoms. The van der Waals surface area contributed by atoms with Crippen LogP contribution in [-0.4, -0.2) is 48.0 Å². The van der Waals surface area contributed by atoms with Gasteiger partial charge in [-0.3, -0.25) is 0 Å². The molecule has 2 atom stereocenters. The summed E-state index contributed by atoms with van der Waals surface area (Å²) in [5, 5.41) is 0. The monoisotopic (exact) mass is 531 g/mol. The molecule has 29 heavy (non-hydrogen) atoms. The molecule has 1 heterocycles. The molecular formula is C23H41NO3SSn. The maximum atomic E-state index is 13.6. The van der Waals surface area contributed by atoms with E-state index in [9.17, 15) is 8.42 Å². The van der Waals surface area contributed by atoms with E-state index in [1.54, 1.807) is 16.4 Å². The van der Waals surface area contributed by atoms with Crippen molar-refractivity contribution in [3.63, 3.8) is 0 Å². The van der Waals surface area contributed by atoms with Gasteiger partial charge in [0.15, 0.2) is 0 Å². The molecule has 0 bridgehead atoms. The average Bonchev–Trinajstić information content (AvgIpc) is 3.11. The van der Waals surface area contributed by atoms with Crippen molar-refractivity contribution in [3.05, 3.63) is 29.8 Å². The van der Waals surface area contributed by atoms with Crippen molar-refractivity contribution >= 4 is 28.4 Å². The topological polar surface area (TPSA) is 46.6 Å². The Labute approximate surface area is 183 Å². The quantitative estimate of drug-likeness (QED) is 0.306. The summed E-state index contributed by atoms with van der Waals surface area (Å²) in [6.07, 6.45) is 7.10. The molecular weight excluding hydrogens is 489 g/mol. The predicted molar refractivity (Wildman–Crippen MR) is 124 cm³/mol. The fourth-order valence-electron chi connectivity index (χ4n) is 4.53. The van der Waals surface area contributed by atoms with Crippen molar-refractivity contribution in [3.8, 4) is 0 Å². The van der Waals surface area contributed by atoms with E-state index in [4.69, 9.17) is 4.74 Å². The first-order valence-electron chi connectivity index (χ1n) is 11.5. The maximum absolute atomic E-state index is 13.6. The van der Waals surface area contributed by atoms with Crippen LogP contribution < -0.4 is 0 Å². The molecule has 0 saturated carbocycles. The number of hydrogen-bond acceptors (Lipinski definition) is 3. The molecule has 0 N–H and O–H groups in total. The fourth-order valence-corrected chi connectivity index (χ4v) is 25.5. The van der Waals surface area contributed by atoms with Gasteiger partial charge in [-0.25, -0.2) is 0 Å². The van der Waals surface area contributed by atoms with Crippen LogP contribution in [0.5, 0.6) is 0 Å². The molecule has 1 aromatic rings. The third-order valence-corrected chi connectivity index (χ3v) is 24.5. The molecule has 2 rings (SSSR count). The van der Waals surface area contributed by atoms with Crippen molar-refractivity contribution < 1.29 is 13.2 Å². The van der Waals surface area contributed by atoms with Crippen LogP contribution in [0.3, 0.4) is 0 Å². The number of unbranched alkanes of at least 4 members (excludes halogenated alkanes) is 3. The molecule has 1 saturated heterocycles. The minimum atomic E-state index is -3.53. The summed E-state index contributed by atoms with van der Waals surface area (Å²) in [6.45, 7) is 11.2. The standard InChI is InChI=1S/C11H14NO3S.3C4H9.Sn/c1-9-3-5-11(6-4-9)16(13,14)12-7-10(2)15-8-12;3*1-3-4-2;/h3-6,8,10H,7H2,1-2H3;3*1,3-4H2,2H3;/t10-;;;;/m1..../s1. The summed E-state index contributed by atoms with van der Waals surface area (Å²) in [7, 11) is -3.53. The molecule has 0 unspecified atom stereocenters. The molecule has 0 aromatic heterocycles. The van der Waals surface area contributed by atoms with Crippen molar-refractivity contribution in [1.82, 2.24) is 4.31 Å². The Morgan fingerprint density at radius 3 is 1.90 bits per heavy atom. The second kappa shape index (κ2) is 11.5. The number of hydrogen-bond donors (Lipinski definition) is 0. The molecule has 1 aliphatic heterocycles. The van der Waals surface area contributed by atoms with Gasteiger partial charge in [-0.15, -0.1) is 0 Å². The Balaban J connectivity index is 2.46. The second-order valence-electron chi connectivity index (χ2n) is 8.86. The number of ether oxygens (including phenoxy) is 1. The summed E-state index contributed by atoms with van der Waals surface area (Å²) in [6, 6.07) is 7.30. The van der Waals surface area contributed by atoms with E-state index in [-0.39, 0.29) is 10.3 Å². The molecule has 1 fully saturated rings. The minimum absolute atomic E-state index is 0.0267. The van der Waals surface area contributed by atoms with Gasteiger partial charge < -0.3 is 0 Å². The Hall–Kier alpha value is -0.111. The summed E-state index contributed by atoms with van der Waals surface area (Å²) >= 11 is -2.91. The number of benzene rings is 1. The number of nitrogens with zero attached hydrogens (tertiary/aromatic N) is 1. The SMILES string of the molecule is CCC[CH2][Sn]([CH2]CCC)([CH2]CCC)[C@@H]1O[C@H](C)CN1S(=O)(=O)c1ccc(C)cc1. The third kappa shape index (κ3) is 6.20. The van der Waals surface area contributed by atoms with Gasteiger partial charge in [0.05, 0.1) is 0 Å². The summed E-state index contributed by atoms with van der Waals surface area (Å²) in [5.41, 5.74) is 1.08. The van der Waals surface area contributed by atoms with Crippen LogP contribution in [0.1, 0.15) is 71.8 Å². The van der Waals surface area contributed by atoms with E-state index < -0.39 is 28.4 Å². The zero-order chi connectivity index (χ0) is 21.5. The fraction of sp³-hybridized carbons (Fsp3) is 0.739. The molecule has 1 aliphatic rings. The Kier molecular flexibility index (Phi) is 9.97. The third-order valence-electron chi connectivity index (χ3n) is 6.30. The van der Waals surface area contributed by atoms with Gasteiger partial charge in [0, 0.05) is 0 Å². The Bertz CT molecular complexity index is 698. The second-order valence-corrected chi connectivity index (χ2v) is 24.2. The van der Waals surface area contributed by atoms with Gasteiger partial charge >= 0.3 is 184 Å². The van der Waals surface area contributed by atoms with Crippen LogP contribution in [0.15, 0.2) is 29.2 Å². The van der Waals surface area contributed by atoms with Gasteiger partial charge in [-0.05, 0) is 0 Å². The first kappa shape index (κ1) is 25.2. The van der Waals surface area contributed by atoms with Crippen molar-refractivity contribution in [1.29, 1.82) is 0 Å². The normalized spacial score (nSPS) is 21.0. The van der Waals surface area contributed by atoms with Crippen molar-refractivity contribution in [2.45, 2.75) is 102 Å². The van der Waals surface area contributed by atoms with E-state index in [2.05, 4.69) is 20.8 Å².